The van der Waals surface area contributed by atoms with Gasteiger partial charge in [0.2, 0.25) is 0 Å². The van der Waals surface area contributed by atoms with E-state index in [2.05, 4.69) is 19.2 Å². The Hall–Kier alpha value is -1.07. The van der Waals surface area contributed by atoms with Gasteiger partial charge in [0.1, 0.15) is 10.6 Å². The van der Waals surface area contributed by atoms with Crippen LogP contribution < -0.4 is 10.1 Å². The lowest BCUT2D eigenvalue weighted by Crippen LogP contribution is -2.57. The van der Waals surface area contributed by atoms with E-state index in [0.29, 0.717) is 11.8 Å². The molecule has 1 aromatic rings. The number of nitrogens with one attached hydrogen (secondary N) is 1. The third-order valence-electron chi connectivity index (χ3n) is 3.77. The maximum Gasteiger partial charge on any atom is 0.268 e. The number of carbonyl (C=O) groups is 1. The van der Waals surface area contributed by atoms with Gasteiger partial charge in [-0.1, -0.05) is 13.8 Å². The first-order valence-electron chi connectivity index (χ1n) is 6.87. The van der Waals surface area contributed by atoms with Crippen molar-refractivity contribution in [3.63, 3.8) is 0 Å². The molecule has 1 saturated heterocycles. The molecule has 19 heavy (non-hydrogen) atoms. The molecule has 1 aliphatic rings. The molecule has 2 unspecified atom stereocenters. The fourth-order valence-corrected chi connectivity index (χ4v) is 3.31. The lowest BCUT2D eigenvalue weighted by atomic mass is 10.0. The molecule has 5 heteroatoms. The van der Waals surface area contributed by atoms with Crippen LogP contribution in [0.4, 0.5) is 0 Å². The van der Waals surface area contributed by atoms with Gasteiger partial charge in [-0.05, 0) is 24.3 Å². The van der Waals surface area contributed by atoms with Crippen LogP contribution in [0.3, 0.4) is 0 Å². The van der Waals surface area contributed by atoms with Crippen LogP contribution in [0.25, 0.3) is 0 Å². The minimum absolute atomic E-state index is 0.110. The fourth-order valence-electron chi connectivity index (χ4n) is 2.50. The molecule has 0 saturated carbocycles. The van der Waals surface area contributed by atoms with Gasteiger partial charge < -0.3 is 15.0 Å². The summed E-state index contributed by atoms with van der Waals surface area (Å²) in [4.78, 5) is 15.4. The van der Waals surface area contributed by atoms with E-state index in [0.717, 1.165) is 30.8 Å². The van der Waals surface area contributed by atoms with Gasteiger partial charge >= 0.3 is 0 Å². The number of hydrogen-bond acceptors (Lipinski definition) is 4. The van der Waals surface area contributed by atoms with Gasteiger partial charge in [0, 0.05) is 25.2 Å². The molecule has 4 nitrogen and oxygen atoms in total. The maximum absolute atomic E-state index is 12.7. The highest BCUT2D eigenvalue weighted by molar-refractivity contribution is 7.12. The first-order valence-corrected chi connectivity index (χ1v) is 7.75. The molecule has 0 radical (unpaired) electrons. The molecule has 0 aromatic carbocycles. The van der Waals surface area contributed by atoms with Crippen LogP contribution in [0.2, 0.25) is 0 Å². The zero-order valence-corrected chi connectivity index (χ0v) is 12.6. The predicted molar refractivity (Wildman–Crippen MR) is 78.1 cm³/mol. The number of methoxy groups -OCH3 is 1. The van der Waals surface area contributed by atoms with Crippen molar-refractivity contribution in [3.8, 4) is 5.75 Å². The average molecular weight is 282 g/mol. The third-order valence-corrected chi connectivity index (χ3v) is 4.65. The van der Waals surface area contributed by atoms with E-state index in [9.17, 15) is 4.79 Å². The fraction of sp³-hybridized carbons (Fsp3) is 0.643. The summed E-state index contributed by atoms with van der Waals surface area (Å²) in [6.07, 6.45) is 2.02. The Labute approximate surface area is 118 Å². The molecule has 106 valence electrons. The molecule has 2 heterocycles. The topological polar surface area (TPSA) is 41.6 Å². The van der Waals surface area contributed by atoms with E-state index >= 15 is 0 Å². The van der Waals surface area contributed by atoms with E-state index in [1.165, 1.54) is 11.3 Å². The molecule has 1 aliphatic heterocycles. The van der Waals surface area contributed by atoms with E-state index in [4.69, 9.17) is 4.74 Å². The Balaban J connectivity index is 2.19. The lowest BCUT2D eigenvalue weighted by Gasteiger charge is -2.39. The van der Waals surface area contributed by atoms with Crippen LogP contribution in [0, 0.1) is 0 Å². The smallest absolute Gasteiger partial charge is 0.268 e. The molecule has 1 N–H and O–H groups in total. The minimum Gasteiger partial charge on any atom is -0.495 e. The Morgan fingerprint density at radius 2 is 2.32 bits per heavy atom. The average Bonchev–Trinajstić information content (AvgIpc) is 2.94. The maximum atomic E-state index is 12.7. The highest BCUT2D eigenvalue weighted by Gasteiger charge is 2.31. The van der Waals surface area contributed by atoms with E-state index < -0.39 is 0 Å². The van der Waals surface area contributed by atoms with Crippen molar-refractivity contribution in [2.45, 2.75) is 38.8 Å². The minimum atomic E-state index is 0.110. The molecule has 1 amide bonds. The molecule has 0 spiro atoms. The van der Waals surface area contributed by atoms with Gasteiger partial charge in [-0.25, -0.2) is 0 Å². The number of amides is 1. The SMILES string of the molecule is CCC1CN(C(=O)c2sccc2OC)C(CC)CN1. The number of hydrogen-bond donors (Lipinski definition) is 1. The summed E-state index contributed by atoms with van der Waals surface area (Å²) in [7, 11) is 1.61. The zero-order valence-electron chi connectivity index (χ0n) is 11.8. The quantitative estimate of drug-likeness (QED) is 0.922. The van der Waals surface area contributed by atoms with Crippen molar-refractivity contribution in [1.29, 1.82) is 0 Å². The van der Waals surface area contributed by atoms with Crippen LogP contribution in [0.15, 0.2) is 11.4 Å². The van der Waals surface area contributed by atoms with Crippen molar-refractivity contribution in [2.75, 3.05) is 20.2 Å². The Kier molecular flexibility index (Phi) is 4.82. The van der Waals surface area contributed by atoms with Crippen LogP contribution in [-0.4, -0.2) is 43.1 Å². The number of ether oxygens (including phenoxy) is 1. The number of rotatable bonds is 4. The number of thiophene rings is 1. The molecule has 2 rings (SSSR count). The Bertz CT molecular complexity index is 433. The van der Waals surface area contributed by atoms with Gasteiger partial charge in [0.15, 0.2) is 0 Å². The van der Waals surface area contributed by atoms with E-state index in [1.54, 1.807) is 7.11 Å². The lowest BCUT2D eigenvalue weighted by molar-refractivity contribution is 0.0578. The molecule has 1 fully saturated rings. The first kappa shape index (κ1) is 14.3. The Morgan fingerprint density at radius 1 is 1.53 bits per heavy atom. The largest absolute Gasteiger partial charge is 0.495 e. The Morgan fingerprint density at radius 3 is 2.95 bits per heavy atom. The summed E-state index contributed by atoms with van der Waals surface area (Å²) in [5.74, 6) is 0.801. The van der Waals surface area contributed by atoms with Crippen molar-refractivity contribution in [2.24, 2.45) is 0 Å². The van der Waals surface area contributed by atoms with Crippen molar-refractivity contribution < 1.29 is 9.53 Å². The van der Waals surface area contributed by atoms with Crippen molar-refractivity contribution >= 4 is 17.2 Å². The van der Waals surface area contributed by atoms with Crippen molar-refractivity contribution in [1.82, 2.24) is 10.2 Å². The molecule has 2 atom stereocenters. The van der Waals surface area contributed by atoms with Crippen LogP contribution >= 0.6 is 11.3 Å². The summed E-state index contributed by atoms with van der Waals surface area (Å²) >= 11 is 1.46. The first-order chi connectivity index (χ1) is 9.21. The van der Waals surface area contributed by atoms with Crippen LogP contribution in [0.1, 0.15) is 36.4 Å². The zero-order chi connectivity index (χ0) is 13.8. The van der Waals surface area contributed by atoms with E-state index in [1.807, 2.05) is 16.3 Å². The predicted octanol–water partition coefficient (Wildman–Crippen LogP) is 2.36. The summed E-state index contributed by atoms with van der Waals surface area (Å²) in [6, 6.07) is 2.54. The third kappa shape index (κ3) is 2.92. The van der Waals surface area contributed by atoms with Gasteiger partial charge in [-0.3, -0.25) is 4.79 Å². The highest BCUT2D eigenvalue weighted by Crippen LogP contribution is 2.27. The van der Waals surface area contributed by atoms with Gasteiger partial charge in [-0.2, -0.15) is 0 Å². The van der Waals surface area contributed by atoms with Gasteiger partial charge in [0.05, 0.1) is 7.11 Å². The second kappa shape index (κ2) is 6.39. The molecule has 0 aliphatic carbocycles. The molecule has 0 bridgehead atoms. The van der Waals surface area contributed by atoms with Gasteiger partial charge in [-0.15, -0.1) is 11.3 Å². The van der Waals surface area contributed by atoms with E-state index in [-0.39, 0.29) is 11.9 Å². The molecular weight excluding hydrogens is 260 g/mol. The number of carbonyl (C=O) groups excluding carboxylic acids is 1. The normalized spacial score (nSPS) is 23.4. The molecule has 1 aromatic heterocycles. The van der Waals surface area contributed by atoms with Crippen LogP contribution in [-0.2, 0) is 0 Å². The van der Waals surface area contributed by atoms with Crippen LogP contribution in [0.5, 0.6) is 5.75 Å². The monoisotopic (exact) mass is 282 g/mol. The summed E-state index contributed by atoms with van der Waals surface area (Å²) in [5, 5.41) is 5.42. The second-order valence-corrected chi connectivity index (χ2v) is 5.77. The summed E-state index contributed by atoms with van der Waals surface area (Å²) in [5.41, 5.74) is 0. The second-order valence-electron chi connectivity index (χ2n) is 4.85. The van der Waals surface area contributed by atoms with Gasteiger partial charge in [0.25, 0.3) is 5.91 Å². The summed E-state index contributed by atoms with van der Waals surface area (Å²) in [6.45, 7) is 5.95. The number of nitrogens with zero attached hydrogens (tertiary/aromatic N) is 1. The highest BCUT2D eigenvalue weighted by atomic mass is 32.1. The number of piperazine rings is 1. The van der Waals surface area contributed by atoms with Crippen molar-refractivity contribution in [3.05, 3.63) is 16.3 Å². The molecular formula is C14H22N2O2S. The standard InChI is InChI=1S/C14H22N2O2S/c1-4-10-9-16(11(5-2)8-15-10)14(17)13-12(18-3)6-7-19-13/h6-7,10-11,15H,4-5,8-9H2,1-3H3. The summed E-state index contributed by atoms with van der Waals surface area (Å²) < 4.78 is 5.27.